The summed E-state index contributed by atoms with van der Waals surface area (Å²) in [7, 11) is 0. The molecule has 0 heterocycles. The van der Waals surface area contributed by atoms with Gasteiger partial charge in [0.1, 0.15) is 12.5 Å². The largest absolute Gasteiger partial charge is 0.508 e. The van der Waals surface area contributed by atoms with Crippen molar-refractivity contribution in [3.8, 4) is 5.75 Å². The van der Waals surface area contributed by atoms with Gasteiger partial charge in [0.05, 0.1) is 0 Å². The van der Waals surface area contributed by atoms with Gasteiger partial charge in [-0.3, -0.25) is 0 Å². The smallest absolute Gasteiger partial charge is 0.115 e. The average molecular weight is 157 g/mol. The van der Waals surface area contributed by atoms with Crippen molar-refractivity contribution in [2.45, 2.75) is 0 Å². The fourth-order valence-corrected chi connectivity index (χ4v) is 0.428. The van der Waals surface area contributed by atoms with Crippen molar-refractivity contribution in [2.75, 3.05) is 0 Å². The van der Waals surface area contributed by atoms with E-state index in [-0.39, 0.29) is 0 Å². The zero-order valence-electron chi connectivity index (χ0n) is 5.97. The number of benzene rings is 1. The third-order valence-corrected chi connectivity index (χ3v) is 0.756. The van der Waals surface area contributed by atoms with E-state index in [1.165, 1.54) is 0 Å². The molecule has 0 spiro atoms. The number of hydrogen-bond acceptors (Lipinski definition) is 4. The Morgan fingerprint density at radius 2 is 1.45 bits per heavy atom. The summed E-state index contributed by atoms with van der Waals surface area (Å²) in [5, 5.41) is 15.1. The number of para-hydroxylation sites is 1. The first-order chi connectivity index (χ1) is 5.39. The molecule has 0 aliphatic carbocycles. The monoisotopic (exact) mass is 157 g/mol. The van der Waals surface area contributed by atoms with Crippen LogP contribution in [-0.4, -0.2) is 17.1 Å². The van der Waals surface area contributed by atoms with Crippen molar-refractivity contribution < 1.29 is 15.1 Å². The van der Waals surface area contributed by atoms with Crippen LogP contribution in [0.15, 0.2) is 30.3 Å². The lowest BCUT2D eigenvalue weighted by molar-refractivity contribution is -0.0979. The molecule has 0 unspecified atom stereocenters. The van der Waals surface area contributed by atoms with E-state index in [1.54, 1.807) is 24.3 Å². The molecule has 4 heteroatoms. The van der Waals surface area contributed by atoms with Gasteiger partial charge in [-0.05, 0) is 12.1 Å². The summed E-state index contributed by atoms with van der Waals surface area (Å²) >= 11 is 0. The minimum absolute atomic E-state index is 0.322. The Bertz CT molecular complexity index is 155. The van der Waals surface area contributed by atoms with Gasteiger partial charge >= 0.3 is 0 Å². The summed E-state index contributed by atoms with van der Waals surface area (Å²) in [5.41, 5.74) is 0. The first kappa shape index (κ1) is 12.3. The van der Waals surface area contributed by atoms with E-state index in [0.717, 1.165) is 0 Å². The lowest BCUT2D eigenvalue weighted by Crippen LogP contribution is -1.72. The highest BCUT2D eigenvalue weighted by Crippen LogP contribution is 2.02. The summed E-state index contributed by atoms with van der Waals surface area (Å²) in [6.45, 7) is 2.00. The van der Waals surface area contributed by atoms with Crippen LogP contribution in [0.5, 0.6) is 5.75 Å². The molecule has 0 aliphatic rings. The molecule has 0 bridgehead atoms. The van der Waals surface area contributed by atoms with Crippen molar-refractivity contribution in [3.05, 3.63) is 30.3 Å². The highest BCUT2D eigenvalue weighted by atomic mass is 16.4. The molecule has 0 saturated carbocycles. The summed E-state index contributed by atoms with van der Waals surface area (Å²) in [6.07, 6.45) is 0. The lowest BCUT2D eigenvalue weighted by atomic mass is 10.3. The topological polar surface area (TPSA) is 83.6 Å². The summed E-state index contributed by atoms with van der Waals surface area (Å²) < 4.78 is 0. The van der Waals surface area contributed by atoms with Crippen LogP contribution in [0.4, 0.5) is 0 Å². The Labute approximate surface area is 64.9 Å². The van der Waals surface area contributed by atoms with Crippen LogP contribution in [-0.2, 0) is 4.79 Å². The fourth-order valence-electron chi connectivity index (χ4n) is 0.428. The molecule has 1 aromatic carbocycles. The molecule has 0 aliphatic heterocycles. The van der Waals surface area contributed by atoms with Gasteiger partial charge in [-0.1, -0.05) is 18.2 Å². The Balaban J connectivity index is 0. The molecule has 0 atom stereocenters. The second-order valence-electron chi connectivity index (χ2n) is 1.34. The van der Waals surface area contributed by atoms with Gasteiger partial charge in [-0.2, -0.15) is 0 Å². The molecule has 0 amide bonds. The Kier molecular flexibility index (Phi) is 12.8. The molecule has 0 radical (unpaired) electrons. The predicted octanol–water partition coefficient (Wildman–Crippen LogP) is 0.542. The molecule has 0 saturated heterocycles. The standard InChI is InChI=1S/C6H6O.CH2O.H3NO/c7-6-4-2-1-3-5-6;2*1-2/h1-5,7H;1H2;2H,1H2. The maximum atomic E-state index is 8.63. The van der Waals surface area contributed by atoms with Crippen LogP contribution in [0.1, 0.15) is 0 Å². The number of phenols is 1. The van der Waals surface area contributed by atoms with Crippen LogP contribution in [0.3, 0.4) is 0 Å². The van der Waals surface area contributed by atoms with Crippen molar-refractivity contribution >= 4 is 6.79 Å². The molecule has 11 heavy (non-hydrogen) atoms. The number of nitrogens with two attached hydrogens (primary N) is 1. The Morgan fingerprint density at radius 1 is 1.09 bits per heavy atom. The van der Waals surface area contributed by atoms with Crippen LogP contribution >= 0.6 is 0 Å². The summed E-state index contributed by atoms with van der Waals surface area (Å²) in [6, 6.07) is 8.71. The number of carbonyl (C=O) groups excluding carboxylic acids is 1. The third kappa shape index (κ3) is 8.61. The predicted molar refractivity (Wildman–Crippen MR) is 41.2 cm³/mol. The van der Waals surface area contributed by atoms with E-state index >= 15 is 0 Å². The first-order valence-electron chi connectivity index (χ1n) is 2.68. The van der Waals surface area contributed by atoms with Crippen molar-refractivity contribution in [1.29, 1.82) is 0 Å². The number of aromatic hydroxyl groups is 1. The highest BCUT2D eigenvalue weighted by Gasteiger charge is 1.74. The zero-order chi connectivity index (χ0) is 9.11. The molecular formula is C7H11NO3. The molecule has 0 fully saturated rings. The molecule has 1 rings (SSSR count). The van der Waals surface area contributed by atoms with E-state index in [0.29, 0.717) is 5.75 Å². The molecule has 4 nitrogen and oxygen atoms in total. The second kappa shape index (κ2) is 11.4. The second-order valence-corrected chi connectivity index (χ2v) is 1.34. The Morgan fingerprint density at radius 3 is 1.64 bits per heavy atom. The van der Waals surface area contributed by atoms with Gasteiger partial charge in [0.15, 0.2) is 0 Å². The maximum absolute atomic E-state index is 8.63. The molecule has 1 aromatic rings. The SMILES string of the molecule is C=O.NO.Oc1ccccc1. The average Bonchev–Trinajstić information content (AvgIpc) is 2.13. The molecule has 62 valence electrons. The Hall–Kier alpha value is -1.39. The van der Waals surface area contributed by atoms with Crippen molar-refractivity contribution in [2.24, 2.45) is 5.90 Å². The van der Waals surface area contributed by atoms with Crippen molar-refractivity contribution in [1.82, 2.24) is 0 Å². The van der Waals surface area contributed by atoms with Gasteiger partial charge in [0.2, 0.25) is 0 Å². The molecule has 0 aromatic heterocycles. The van der Waals surface area contributed by atoms with Crippen LogP contribution in [0, 0.1) is 0 Å². The molecular weight excluding hydrogens is 146 g/mol. The first-order valence-corrected chi connectivity index (χ1v) is 2.68. The number of hydrogen-bond donors (Lipinski definition) is 3. The van der Waals surface area contributed by atoms with Crippen LogP contribution in [0.25, 0.3) is 0 Å². The maximum Gasteiger partial charge on any atom is 0.115 e. The number of carbonyl (C=O) groups is 1. The van der Waals surface area contributed by atoms with E-state index in [9.17, 15) is 0 Å². The number of phenolic OH excluding ortho intramolecular Hbond substituents is 1. The van der Waals surface area contributed by atoms with Crippen molar-refractivity contribution in [3.63, 3.8) is 0 Å². The number of rotatable bonds is 0. The molecule has 4 N–H and O–H groups in total. The normalized spacial score (nSPS) is 6.36. The van der Waals surface area contributed by atoms with E-state index < -0.39 is 0 Å². The van der Waals surface area contributed by atoms with E-state index in [2.05, 4.69) is 5.90 Å². The summed E-state index contributed by atoms with van der Waals surface area (Å²) in [4.78, 5) is 8.00. The minimum atomic E-state index is 0.322. The zero-order valence-corrected chi connectivity index (χ0v) is 5.97. The quantitative estimate of drug-likeness (QED) is 0.480. The van der Waals surface area contributed by atoms with Gasteiger partial charge < -0.3 is 15.1 Å². The lowest BCUT2D eigenvalue weighted by Gasteiger charge is -1.82. The van der Waals surface area contributed by atoms with E-state index in [1.807, 2.05) is 12.9 Å². The van der Waals surface area contributed by atoms with E-state index in [4.69, 9.17) is 15.1 Å². The minimum Gasteiger partial charge on any atom is -0.508 e. The fraction of sp³-hybridized carbons (Fsp3) is 0. The van der Waals surface area contributed by atoms with Crippen LogP contribution in [0.2, 0.25) is 0 Å². The highest BCUT2D eigenvalue weighted by molar-refractivity contribution is 5.18. The van der Waals surface area contributed by atoms with Gasteiger partial charge in [0, 0.05) is 0 Å². The van der Waals surface area contributed by atoms with Gasteiger partial charge in [-0.15, -0.1) is 0 Å². The summed E-state index contributed by atoms with van der Waals surface area (Å²) in [5.74, 6) is 3.82. The van der Waals surface area contributed by atoms with Gasteiger partial charge in [0.25, 0.3) is 0 Å². The van der Waals surface area contributed by atoms with Crippen LogP contribution < -0.4 is 5.90 Å². The third-order valence-electron chi connectivity index (χ3n) is 0.756. The van der Waals surface area contributed by atoms with Gasteiger partial charge in [-0.25, -0.2) is 5.90 Å².